The minimum Gasteiger partial charge on any atom is -0.493 e. The topological polar surface area (TPSA) is 59.4 Å². The van der Waals surface area contributed by atoms with Gasteiger partial charge in [0, 0.05) is 17.4 Å². The van der Waals surface area contributed by atoms with Crippen molar-refractivity contribution in [2.45, 2.75) is 32.6 Å². The van der Waals surface area contributed by atoms with E-state index in [-0.39, 0.29) is 5.69 Å². The van der Waals surface area contributed by atoms with Crippen molar-refractivity contribution in [3.8, 4) is 5.75 Å². The van der Waals surface area contributed by atoms with Crippen molar-refractivity contribution in [1.82, 2.24) is 4.98 Å². The Morgan fingerprint density at radius 2 is 2.27 bits per heavy atom. The number of carboxylic acid groups (broad SMARTS) is 1. The molecule has 22 heavy (non-hydrogen) atoms. The molecule has 1 aliphatic rings. The Balaban J connectivity index is 1.74. The van der Waals surface area contributed by atoms with Crippen molar-refractivity contribution in [2.75, 3.05) is 6.61 Å². The molecule has 0 saturated heterocycles. The van der Waals surface area contributed by atoms with Gasteiger partial charge in [-0.2, -0.15) is 0 Å². The molecule has 3 rings (SSSR count). The van der Waals surface area contributed by atoms with Gasteiger partial charge in [-0.1, -0.05) is 24.1 Å². The van der Waals surface area contributed by atoms with Crippen LogP contribution in [0, 0.1) is 12.8 Å². The highest BCUT2D eigenvalue weighted by molar-refractivity contribution is 7.09. The van der Waals surface area contributed by atoms with Crippen LogP contribution in [0.25, 0.3) is 0 Å². The van der Waals surface area contributed by atoms with Crippen LogP contribution in [0.5, 0.6) is 5.75 Å². The molecule has 4 nitrogen and oxygen atoms in total. The summed E-state index contributed by atoms with van der Waals surface area (Å²) in [5.74, 6) is 0.602. The summed E-state index contributed by atoms with van der Waals surface area (Å²) in [4.78, 5) is 15.1. The highest BCUT2D eigenvalue weighted by Gasteiger charge is 2.19. The van der Waals surface area contributed by atoms with Crippen LogP contribution in [0.15, 0.2) is 23.6 Å². The standard InChI is InChI=1S/C17H19NO3S/c1-11-5-6-15(21-9-12-3-2-4-12)13(7-11)8-16-18-14(10-22-16)17(19)20/h5-7,10,12H,2-4,8-9H2,1H3,(H,19,20). The average molecular weight is 317 g/mol. The fourth-order valence-corrected chi connectivity index (χ4v) is 3.30. The SMILES string of the molecule is Cc1ccc(OCC2CCC2)c(Cc2nc(C(=O)O)cs2)c1. The number of nitrogens with zero attached hydrogens (tertiary/aromatic N) is 1. The van der Waals surface area contributed by atoms with E-state index in [9.17, 15) is 4.79 Å². The van der Waals surface area contributed by atoms with Gasteiger partial charge in [0.05, 0.1) is 11.6 Å². The summed E-state index contributed by atoms with van der Waals surface area (Å²) >= 11 is 1.38. The number of hydrogen-bond donors (Lipinski definition) is 1. The van der Waals surface area contributed by atoms with Crippen molar-refractivity contribution in [3.05, 3.63) is 45.4 Å². The fourth-order valence-electron chi connectivity index (χ4n) is 2.51. The van der Waals surface area contributed by atoms with Gasteiger partial charge in [0.25, 0.3) is 0 Å². The molecule has 0 spiro atoms. The van der Waals surface area contributed by atoms with Gasteiger partial charge in [0.1, 0.15) is 5.75 Å². The normalized spacial score (nSPS) is 14.6. The first kappa shape index (κ1) is 15.0. The minimum absolute atomic E-state index is 0.115. The summed E-state index contributed by atoms with van der Waals surface area (Å²) in [7, 11) is 0. The smallest absolute Gasteiger partial charge is 0.355 e. The van der Waals surface area contributed by atoms with E-state index in [0.717, 1.165) is 22.9 Å². The van der Waals surface area contributed by atoms with Gasteiger partial charge in [-0.05, 0) is 31.7 Å². The largest absolute Gasteiger partial charge is 0.493 e. The first-order chi connectivity index (χ1) is 10.6. The number of aromatic carboxylic acids is 1. The Morgan fingerprint density at radius 1 is 1.45 bits per heavy atom. The van der Waals surface area contributed by atoms with Crippen molar-refractivity contribution in [3.63, 3.8) is 0 Å². The molecule has 0 bridgehead atoms. The number of ether oxygens (including phenoxy) is 1. The van der Waals surface area contributed by atoms with E-state index in [1.165, 1.54) is 36.2 Å². The number of carbonyl (C=O) groups is 1. The second kappa shape index (κ2) is 6.48. The summed E-state index contributed by atoms with van der Waals surface area (Å²) < 4.78 is 5.98. The fraction of sp³-hybridized carbons (Fsp3) is 0.412. The second-order valence-electron chi connectivity index (χ2n) is 5.83. The van der Waals surface area contributed by atoms with E-state index in [2.05, 4.69) is 11.1 Å². The summed E-state index contributed by atoms with van der Waals surface area (Å²) in [5.41, 5.74) is 2.36. The summed E-state index contributed by atoms with van der Waals surface area (Å²) in [6.07, 6.45) is 4.44. The second-order valence-corrected chi connectivity index (χ2v) is 6.77. The lowest BCUT2D eigenvalue weighted by molar-refractivity contribution is 0.0691. The lowest BCUT2D eigenvalue weighted by Gasteiger charge is -2.25. The third kappa shape index (κ3) is 3.47. The van der Waals surface area contributed by atoms with Gasteiger partial charge in [-0.3, -0.25) is 0 Å². The van der Waals surface area contributed by atoms with Crippen LogP contribution >= 0.6 is 11.3 Å². The van der Waals surface area contributed by atoms with Gasteiger partial charge in [0.15, 0.2) is 5.69 Å². The third-order valence-electron chi connectivity index (χ3n) is 4.03. The predicted octanol–water partition coefficient (Wildman–Crippen LogP) is 3.92. The molecule has 0 amide bonds. The summed E-state index contributed by atoms with van der Waals surface area (Å²) in [6, 6.07) is 6.15. The summed E-state index contributed by atoms with van der Waals surface area (Å²) in [6.45, 7) is 2.82. The van der Waals surface area contributed by atoms with Crippen molar-refractivity contribution in [2.24, 2.45) is 5.92 Å². The van der Waals surface area contributed by atoms with Crippen LogP contribution in [-0.4, -0.2) is 22.7 Å². The van der Waals surface area contributed by atoms with E-state index in [4.69, 9.17) is 9.84 Å². The molecule has 1 fully saturated rings. The molecule has 0 aliphatic heterocycles. The molecule has 0 radical (unpaired) electrons. The molecule has 0 unspecified atom stereocenters. The molecule has 2 aromatic rings. The van der Waals surface area contributed by atoms with Crippen LogP contribution in [-0.2, 0) is 6.42 Å². The average Bonchev–Trinajstić information content (AvgIpc) is 2.88. The molecule has 1 N–H and O–H groups in total. The van der Waals surface area contributed by atoms with E-state index >= 15 is 0 Å². The maximum Gasteiger partial charge on any atom is 0.355 e. The molecule has 116 valence electrons. The van der Waals surface area contributed by atoms with E-state index < -0.39 is 5.97 Å². The molecule has 1 aromatic carbocycles. The number of benzene rings is 1. The van der Waals surface area contributed by atoms with Gasteiger partial charge in [-0.15, -0.1) is 11.3 Å². The Labute approximate surface area is 133 Å². The first-order valence-electron chi connectivity index (χ1n) is 7.52. The zero-order valence-electron chi connectivity index (χ0n) is 12.5. The number of aromatic nitrogens is 1. The molecule has 0 atom stereocenters. The van der Waals surface area contributed by atoms with Crippen LogP contribution in [0.4, 0.5) is 0 Å². The third-order valence-corrected chi connectivity index (χ3v) is 4.88. The number of rotatable bonds is 6. The molecule has 1 aromatic heterocycles. The molecular formula is C17H19NO3S. The molecular weight excluding hydrogens is 298 g/mol. The molecule has 5 heteroatoms. The number of aryl methyl sites for hydroxylation is 1. The number of thiazole rings is 1. The lowest BCUT2D eigenvalue weighted by atomic mass is 9.86. The van der Waals surface area contributed by atoms with Gasteiger partial charge in [0.2, 0.25) is 0 Å². The zero-order chi connectivity index (χ0) is 15.5. The summed E-state index contributed by atoms with van der Waals surface area (Å²) in [5, 5.41) is 11.3. The lowest BCUT2D eigenvalue weighted by Crippen LogP contribution is -2.19. The van der Waals surface area contributed by atoms with Crippen molar-refractivity contribution >= 4 is 17.3 Å². The van der Waals surface area contributed by atoms with Crippen LogP contribution in [0.3, 0.4) is 0 Å². The maximum absolute atomic E-state index is 10.9. The maximum atomic E-state index is 10.9. The van der Waals surface area contributed by atoms with Crippen LogP contribution in [0.2, 0.25) is 0 Å². The zero-order valence-corrected chi connectivity index (χ0v) is 13.4. The molecule has 1 aliphatic carbocycles. The van der Waals surface area contributed by atoms with Crippen LogP contribution in [0.1, 0.15) is 45.9 Å². The Morgan fingerprint density at radius 3 is 2.91 bits per heavy atom. The van der Waals surface area contributed by atoms with Gasteiger partial charge < -0.3 is 9.84 Å². The van der Waals surface area contributed by atoms with E-state index in [1.54, 1.807) is 5.38 Å². The molecule has 1 heterocycles. The van der Waals surface area contributed by atoms with Crippen molar-refractivity contribution < 1.29 is 14.6 Å². The number of carboxylic acids is 1. The first-order valence-corrected chi connectivity index (χ1v) is 8.40. The predicted molar refractivity (Wildman–Crippen MR) is 85.9 cm³/mol. The minimum atomic E-state index is -0.979. The van der Waals surface area contributed by atoms with E-state index in [1.807, 2.05) is 19.1 Å². The Hall–Kier alpha value is -1.88. The monoisotopic (exact) mass is 317 g/mol. The Kier molecular flexibility index (Phi) is 4.43. The van der Waals surface area contributed by atoms with E-state index in [0.29, 0.717) is 12.3 Å². The van der Waals surface area contributed by atoms with Crippen molar-refractivity contribution in [1.29, 1.82) is 0 Å². The van der Waals surface area contributed by atoms with Gasteiger partial charge in [-0.25, -0.2) is 9.78 Å². The van der Waals surface area contributed by atoms with Gasteiger partial charge >= 0.3 is 5.97 Å². The molecule has 1 saturated carbocycles. The highest BCUT2D eigenvalue weighted by atomic mass is 32.1. The van der Waals surface area contributed by atoms with Crippen LogP contribution < -0.4 is 4.74 Å². The Bertz CT molecular complexity index is 676. The highest BCUT2D eigenvalue weighted by Crippen LogP contribution is 2.29. The quantitative estimate of drug-likeness (QED) is 0.877. The number of hydrogen-bond acceptors (Lipinski definition) is 4.